The van der Waals surface area contributed by atoms with Gasteiger partial charge in [-0.15, -0.1) is 0 Å². The molecule has 0 unspecified atom stereocenters. The first kappa shape index (κ1) is 16.9. The van der Waals surface area contributed by atoms with Crippen LogP contribution in [0.4, 0.5) is 16.2 Å². The molecular weight excluding hydrogens is 395 g/mol. The standard InChI is InChI=1S/C12H11IN2O6/c1-21-11(16)3-2-6-14(12(17)18)10-5-4-8(15(19)20)7-9(10)13/h2-5,7H,6H2,1H3,(H,17,18)/b3-2+. The Kier molecular flexibility index (Phi) is 6.09. The van der Waals surface area contributed by atoms with Crippen LogP contribution in [-0.4, -0.2) is 35.7 Å². The number of nitro benzene ring substituents is 1. The van der Waals surface area contributed by atoms with E-state index in [9.17, 15) is 24.8 Å². The first-order valence-corrected chi connectivity index (χ1v) is 6.63. The van der Waals surface area contributed by atoms with Crippen molar-refractivity contribution in [2.75, 3.05) is 18.6 Å². The van der Waals surface area contributed by atoms with Crippen LogP contribution >= 0.6 is 22.6 Å². The highest BCUT2D eigenvalue weighted by molar-refractivity contribution is 14.1. The quantitative estimate of drug-likeness (QED) is 0.265. The summed E-state index contributed by atoms with van der Waals surface area (Å²) in [7, 11) is 1.21. The van der Waals surface area contributed by atoms with E-state index < -0.39 is 17.0 Å². The molecule has 0 aliphatic rings. The largest absolute Gasteiger partial charge is 0.466 e. The average Bonchev–Trinajstić information content (AvgIpc) is 2.43. The number of nitrogens with zero attached hydrogens (tertiary/aromatic N) is 2. The zero-order chi connectivity index (χ0) is 16.0. The Morgan fingerprint density at radius 2 is 2.19 bits per heavy atom. The Labute approximate surface area is 133 Å². The van der Waals surface area contributed by atoms with Crippen molar-refractivity contribution in [2.45, 2.75) is 0 Å². The summed E-state index contributed by atoms with van der Waals surface area (Å²) in [5.74, 6) is -0.598. The molecule has 0 aliphatic heterocycles. The fraction of sp³-hybridized carbons (Fsp3) is 0.167. The van der Waals surface area contributed by atoms with Crippen LogP contribution in [0, 0.1) is 13.7 Å². The number of esters is 1. The van der Waals surface area contributed by atoms with Crippen molar-refractivity contribution in [3.63, 3.8) is 0 Å². The third-order valence-corrected chi connectivity index (χ3v) is 3.27. The molecule has 1 aromatic rings. The van der Waals surface area contributed by atoms with Gasteiger partial charge in [-0.3, -0.25) is 15.0 Å². The number of carboxylic acid groups (broad SMARTS) is 1. The van der Waals surface area contributed by atoms with Gasteiger partial charge in [0.1, 0.15) is 0 Å². The number of methoxy groups -OCH3 is 1. The van der Waals surface area contributed by atoms with Gasteiger partial charge < -0.3 is 9.84 Å². The maximum Gasteiger partial charge on any atom is 0.412 e. The molecule has 8 nitrogen and oxygen atoms in total. The Bertz CT molecular complexity index is 601. The number of halogens is 1. The number of nitro groups is 1. The Morgan fingerprint density at radius 3 is 2.67 bits per heavy atom. The van der Waals surface area contributed by atoms with Crippen molar-refractivity contribution in [1.29, 1.82) is 0 Å². The maximum atomic E-state index is 11.3. The molecule has 1 N–H and O–H groups in total. The molecule has 0 atom stereocenters. The molecule has 112 valence electrons. The van der Waals surface area contributed by atoms with Crippen LogP contribution in [0.1, 0.15) is 0 Å². The molecule has 1 aromatic carbocycles. The first-order valence-electron chi connectivity index (χ1n) is 5.55. The maximum absolute atomic E-state index is 11.3. The summed E-state index contributed by atoms with van der Waals surface area (Å²) in [6, 6.07) is 3.84. The monoisotopic (exact) mass is 406 g/mol. The van der Waals surface area contributed by atoms with E-state index in [4.69, 9.17) is 0 Å². The highest BCUT2D eigenvalue weighted by Gasteiger charge is 2.18. The molecule has 0 bridgehead atoms. The second-order valence-electron chi connectivity index (χ2n) is 3.71. The van der Waals surface area contributed by atoms with Crippen molar-refractivity contribution in [3.8, 4) is 0 Å². The first-order chi connectivity index (χ1) is 9.86. The molecule has 0 saturated carbocycles. The molecular formula is C12H11IN2O6. The average molecular weight is 406 g/mol. The highest BCUT2D eigenvalue weighted by Crippen LogP contribution is 2.27. The third-order valence-electron chi connectivity index (χ3n) is 2.41. The van der Waals surface area contributed by atoms with E-state index in [0.717, 1.165) is 11.0 Å². The molecule has 0 heterocycles. The number of carbonyl (C=O) groups excluding carboxylic acids is 1. The molecule has 0 spiro atoms. The number of rotatable bonds is 5. The van der Waals surface area contributed by atoms with Crippen LogP contribution in [0.2, 0.25) is 0 Å². The number of ether oxygens (including phenoxy) is 1. The molecule has 1 amide bonds. The summed E-state index contributed by atoms with van der Waals surface area (Å²) >= 11 is 1.82. The lowest BCUT2D eigenvalue weighted by Crippen LogP contribution is -2.30. The van der Waals surface area contributed by atoms with Crippen molar-refractivity contribution in [1.82, 2.24) is 0 Å². The number of non-ortho nitro benzene ring substituents is 1. The predicted octanol–water partition coefficient (Wildman–Crippen LogP) is 2.41. The minimum atomic E-state index is -1.24. The number of carbonyl (C=O) groups is 2. The molecule has 21 heavy (non-hydrogen) atoms. The minimum Gasteiger partial charge on any atom is -0.466 e. The molecule has 0 aromatic heterocycles. The third kappa shape index (κ3) is 4.70. The van der Waals surface area contributed by atoms with E-state index >= 15 is 0 Å². The van der Waals surface area contributed by atoms with Gasteiger partial charge >= 0.3 is 12.1 Å². The van der Waals surface area contributed by atoms with Crippen LogP contribution in [0.25, 0.3) is 0 Å². The van der Waals surface area contributed by atoms with Crippen LogP contribution in [0.15, 0.2) is 30.4 Å². The summed E-state index contributed by atoms with van der Waals surface area (Å²) in [5, 5.41) is 19.8. The number of hydrogen-bond donors (Lipinski definition) is 1. The number of hydrogen-bond acceptors (Lipinski definition) is 5. The van der Waals surface area contributed by atoms with Gasteiger partial charge in [0.15, 0.2) is 0 Å². The van der Waals surface area contributed by atoms with Gasteiger partial charge in [-0.1, -0.05) is 6.08 Å². The van der Waals surface area contributed by atoms with Crippen molar-refractivity contribution in [2.24, 2.45) is 0 Å². The second-order valence-corrected chi connectivity index (χ2v) is 4.87. The van der Waals surface area contributed by atoms with E-state index in [-0.39, 0.29) is 12.2 Å². The fourth-order valence-corrected chi connectivity index (χ4v) is 2.22. The van der Waals surface area contributed by atoms with Crippen LogP contribution in [0.5, 0.6) is 0 Å². The van der Waals surface area contributed by atoms with Crippen LogP contribution < -0.4 is 4.90 Å². The second kappa shape index (κ2) is 7.57. The van der Waals surface area contributed by atoms with Crippen molar-refractivity contribution < 1.29 is 24.4 Å². The molecule has 9 heteroatoms. The zero-order valence-electron chi connectivity index (χ0n) is 10.9. The van der Waals surface area contributed by atoms with E-state index in [2.05, 4.69) is 4.74 Å². The number of benzene rings is 1. The van der Waals surface area contributed by atoms with E-state index in [1.165, 1.54) is 31.4 Å². The van der Waals surface area contributed by atoms with E-state index in [0.29, 0.717) is 9.26 Å². The Balaban J connectivity index is 3.01. The molecule has 0 saturated heterocycles. The van der Waals surface area contributed by atoms with Crippen LogP contribution in [-0.2, 0) is 9.53 Å². The van der Waals surface area contributed by atoms with Gasteiger partial charge in [-0.2, -0.15) is 0 Å². The summed E-state index contributed by atoms with van der Waals surface area (Å²) in [4.78, 5) is 33.2. The number of anilines is 1. The highest BCUT2D eigenvalue weighted by atomic mass is 127. The normalized spacial score (nSPS) is 10.4. The molecule has 0 radical (unpaired) electrons. The van der Waals surface area contributed by atoms with Gasteiger partial charge in [0.25, 0.3) is 5.69 Å². The zero-order valence-corrected chi connectivity index (χ0v) is 13.0. The van der Waals surface area contributed by atoms with Gasteiger partial charge in [0.05, 0.1) is 17.7 Å². The van der Waals surface area contributed by atoms with E-state index in [1.54, 1.807) is 0 Å². The SMILES string of the molecule is COC(=O)/C=C/CN(C(=O)O)c1ccc([N+](=O)[O-])cc1I. The summed E-state index contributed by atoms with van der Waals surface area (Å²) in [5.41, 5.74) is 0.168. The van der Waals surface area contributed by atoms with Gasteiger partial charge in [0, 0.05) is 28.3 Å². The lowest BCUT2D eigenvalue weighted by atomic mass is 10.2. The van der Waals surface area contributed by atoms with Gasteiger partial charge in [-0.25, -0.2) is 9.59 Å². The number of amides is 1. The Morgan fingerprint density at radius 1 is 1.52 bits per heavy atom. The summed E-state index contributed by atoms with van der Waals surface area (Å²) in [6.07, 6.45) is 1.20. The summed E-state index contributed by atoms with van der Waals surface area (Å²) < 4.78 is 4.81. The lowest BCUT2D eigenvalue weighted by Gasteiger charge is -2.18. The van der Waals surface area contributed by atoms with Crippen LogP contribution in [0.3, 0.4) is 0 Å². The minimum absolute atomic E-state index is 0.0851. The fourth-order valence-electron chi connectivity index (χ4n) is 1.43. The molecule has 0 aliphatic carbocycles. The predicted molar refractivity (Wildman–Crippen MR) is 82.3 cm³/mol. The van der Waals surface area contributed by atoms with Gasteiger partial charge in [-0.05, 0) is 28.7 Å². The van der Waals surface area contributed by atoms with Crippen molar-refractivity contribution in [3.05, 3.63) is 44.0 Å². The summed E-state index contributed by atoms with van der Waals surface area (Å²) in [6.45, 7) is -0.0851. The Hall–Kier alpha value is -2.17. The molecule has 1 rings (SSSR count). The topological polar surface area (TPSA) is 110 Å². The lowest BCUT2D eigenvalue weighted by molar-refractivity contribution is -0.384. The smallest absolute Gasteiger partial charge is 0.412 e. The van der Waals surface area contributed by atoms with E-state index in [1.807, 2.05) is 22.6 Å². The van der Waals surface area contributed by atoms with Gasteiger partial charge in [0.2, 0.25) is 0 Å². The van der Waals surface area contributed by atoms with Crippen molar-refractivity contribution >= 4 is 46.0 Å². The molecule has 0 fully saturated rings.